The molecule has 0 saturated carbocycles. The molecule has 0 aromatic heterocycles. The Labute approximate surface area is 71.5 Å². The summed E-state index contributed by atoms with van der Waals surface area (Å²) in [4.78, 5) is 22.8. The monoisotopic (exact) mass is 174 g/mol. The number of hydrogen-bond acceptors (Lipinski definition) is 3. The normalized spacial score (nSPS) is 11.9. The van der Waals surface area contributed by atoms with E-state index >= 15 is 0 Å². The summed E-state index contributed by atoms with van der Waals surface area (Å²) in [6, 6.07) is -0.635. The third-order valence-corrected chi connectivity index (χ3v) is 1.55. The molecule has 0 aromatic carbocycles. The van der Waals surface area contributed by atoms with Crippen LogP contribution in [0.25, 0.3) is 0 Å². The fourth-order valence-electron chi connectivity index (χ4n) is 0.574. The van der Waals surface area contributed by atoms with E-state index in [9.17, 15) is 9.59 Å². The van der Waals surface area contributed by atoms with Crippen molar-refractivity contribution in [1.82, 2.24) is 4.90 Å². The average Bonchev–Trinajstić information content (AvgIpc) is 2.02. The predicted octanol–water partition coefficient (Wildman–Crippen LogP) is -0.0515. The van der Waals surface area contributed by atoms with Crippen molar-refractivity contribution < 1.29 is 14.3 Å². The third-order valence-electron chi connectivity index (χ3n) is 1.55. The van der Waals surface area contributed by atoms with E-state index in [2.05, 4.69) is 4.74 Å². The summed E-state index contributed by atoms with van der Waals surface area (Å²) in [5.41, 5.74) is 4.98. The van der Waals surface area contributed by atoms with Crippen molar-refractivity contribution in [2.75, 3.05) is 13.7 Å². The summed E-state index contributed by atoms with van der Waals surface area (Å²) in [5, 5.41) is 0. The van der Waals surface area contributed by atoms with Gasteiger partial charge in [0.1, 0.15) is 6.04 Å². The second kappa shape index (κ2) is 4.58. The molecule has 2 amide bonds. The first-order chi connectivity index (χ1) is 5.50. The topological polar surface area (TPSA) is 72.6 Å². The largest absolute Gasteiger partial charge is 0.450 e. The highest BCUT2D eigenvalue weighted by atomic mass is 16.6. The maximum absolute atomic E-state index is 11.0. The number of primary amides is 1. The molecule has 0 spiro atoms. The van der Waals surface area contributed by atoms with Crippen LogP contribution in [0, 0.1) is 0 Å². The molecule has 1 unspecified atom stereocenters. The highest BCUT2D eigenvalue weighted by molar-refractivity contribution is 5.83. The molecule has 0 rings (SSSR count). The van der Waals surface area contributed by atoms with Crippen LogP contribution in [0.2, 0.25) is 0 Å². The second-order valence-corrected chi connectivity index (χ2v) is 2.39. The molecule has 5 nitrogen and oxygen atoms in total. The molecule has 2 N–H and O–H groups in total. The molecule has 0 fully saturated rings. The van der Waals surface area contributed by atoms with E-state index in [1.807, 2.05) is 0 Å². The Bertz CT molecular complexity index is 181. The second-order valence-electron chi connectivity index (χ2n) is 2.39. The highest BCUT2D eigenvalue weighted by Crippen LogP contribution is 1.97. The molecule has 0 aliphatic heterocycles. The number of nitrogens with zero attached hydrogens (tertiary/aromatic N) is 1. The smallest absolute Gasteiger partial charge is 0.410 e. The molecule has 1 atom stereocenters. The molecule has 0 radical (unpaired) electrons. The molecule has 0 saturated heterocycles. The van der Waals surface area contributed by atoms with Crippen molar-refractivity contribution in [3.63, 3.8) is 0 Å². The zero-order valence-electron chi connectivity index (χ0n) is 7.53. The van der Waals surface area contributed by atoms with Gasteiger partial charge in [0.25, 0.3) is 0 Å². The Balaban J connectivity index is 4.09. The van der Waals surface area contributed by atoms with Crippen LogP contribution >= 0.6 is 0 Å². The van der Waals surface area contributed by atoms with Crippen LogP contribution < -0.4 is 5.73 Å². The molecule has 0 aromatic rings. The Morgan fingerprint density at radius 2 is 2.08 bits per heavy atom. The summed E-state index contributed by atoms with van der Waals surface area (Å²) in [6.45, 7) is 3.52. The fraction of sp³-hybridized carbons (Fsp3) is 0.714. The summed E-state index contributed by atoms with van der Waals surface area (Å²) in [6.07, 6.45) is -0.538. The van der Waals surface area contributed by atoms with Crippen LogP contribution in [-0.2, 0) is 9.53 Å². The van der Waals surface area contributed by atoms with Crippen molar-refractivity contribution in [3.05, 3.63) is 0 Å². The van der Waals surface area contributed by atoms with E-state index in [1.54, 1.807) is 13.8 Å². The Morgan fingerprint density at radius 3 is 2.42 bits per heavy atom. The van der Waals surface area contributed by atoms with Gasteiger partial charge in [-0.15, -0.1) is 0 Å². The van der Waals surface area contributed by atoms with Gasteiger partial charge in [-0.2, -0.15) is 0 Å². The van der Waals surface area contributed by atoms with Gasteiger partial charge >= 0.3 is 6.09 Å². The summed E-state index contributed by atoms with van der Waals surface area (Å²) >= 11 is 0. The van der Waals surface area contributed by atoms with Crippen molar-refractivity contribution in [2.24, 2.45) is 5.73 Å². The van der Waals surface area contributed by atoms with E-state index in [-0.39, 0.29) is 6.61 Å². The number of carbonyl (C=O) groups excluding carboxylic acids is 2. The minimum atomic E-state index is -0.635. The van der Waals surface area contributed by atoms with Crippen LogP contribution in [0.3, 0.4) is 0 Å². The minimum absolute atomic E-state index is 0.286. The Kier molecular flexibility index (Phi) is 4.10. The number of rotatable bonds is 3. The van der Waals surface area contributed by atoms with Crippen LogP contribution in [-0.4, -0.2) is 36.6 Å². The number of hydrogen-bond donors (Lipinski definition) is 1. The van der Waals surface area contributed by atoms with Gasteiger partial charge in [-0.1, -0.05) is 0 Å². The van der Waals surface area contributed by atoms with Gasteiger partial charge in [-0.3, -0.25) is 9.69 Å². The van der Waals surface area contributed by atoms with Crippen molar-refractivity contribution in [3.8, 4) is 0 Å². The first kappa shape index (κ1) is 10.7. The third kappa shape index (κ3) is 2.77. The molecule has 0 heterocycles. The first-order valence-electron chi connectivity index (χ1n) is 3.69. The zero-order valence-corrected chi connectivity index (χ0v) is 7.53. The van der Waals surface area contributed by atoms with E-state index in [0.717, 1.165) is 4.90 Å². The molecule has 12 heavy (non-hydrogen) atoms. The van der Waals surface area contributed by atoms with E-state index in [1.165, 1.54) is 7.05 Å². The number of nitrogens with two attached hydrogens (primary N) is 1. The van der Waals surface area contributed by atoms with Gasteiger partial charge < -0.3 is 10.5 Å². The van der Waals surface area contributed by atoms with E-state index in [0.29, 0.717) is 0 Å². The van der Waals surface area contributed by atoms with Crippen LogP contribution in [0.15, 0.2) is 0 Å². The van der Waals surface area contributed by atoms with Crippen LogP contribution in [0.5, 0.6) is 0 Å². The lowest BCUT2D eigenvalue weighted by Gasteiger charge is -2.20. The number of amides is 2. The predicted molar refractivity (Wildman–Crippen MR) is 43.4 cm³/mol. The fourth-order valence-corrected chi connectivity index (χ4v) is 0.574. The Hall–Kier alpha value is -1.26. The lowest BCUT2D eigenvalue weighted by molar-refractivity contribution is -0.121. The average molecular weight is 174 g/mol. The maximum Gasteiger partial charge on any atom is 0.410 e. The minimum Gasteiger partial charge on any atom is -0.450 e. The summed E-state index contributed by atoms with van der Waals surface area (Å²) < 4.78 is 4.65. The van der Waals surface area contributed by atoms with Gasteiger partial charge in [0.2, 0.25) is 5.91 Å². The van der Waals surface area contributed by atoms with Gasteiger partial charge in [0.05, 0.1) is 6.61 Å². The molecular weight excluding hydrogens is 160 g/mol. The SMILES string of the molecule is CCOC(=O)N(C)C(C)C(N)=O. The molecule has 70 valence electrons. The van der Waals surface area contributed by atoms with Crippen LogP contribution in [0.4, 0.5) is 4.79 Å². The van der Waals surface area contributed by atoms with Crippen LogP contribution in [0.1, 0.15) is 13.8 Å². The molecule has 0 bridgehead atoms. The molecule has 0 aliphatic rings. The van der Waals surface area contributed by atoms with Gasteiger partial charge in [-0.25, -0.2) is 4.79 Å². The number of likely N-dealkylation sites (N-methyl/N-ethyl adjacent to an activating group) is 1. The lowest BCUT2D eigenvalue weighted by Crippen LogP contribution is -2.43. The van der Waals surface area contributed by atoms with Crippen molar-refractivity contribution >= 4 is 12.0 Å². The van der Waals surface area contributed by atoms with E-state index in [4.69, 9.17) is 5.73 Å². The first-order valence-corrected chi connectivity index (χ1v) is 3.69. The molecule has 0 aliphatic carbocycles. The zero-order chi connectivity index (χ0) is 9.72. The van der Waals surface area contributed by atoms with Gasteiger partial charge in [0.15, 0.2) is 0 Å². The Morgan fingerprint density at radius 1 is 1.58 bits per heavy atom. The quantitative estimate of drug-likeness (QED) is 0.651. The maximum atomic E-state index is 11.0. The molecule has 5 heteroatoms. The summed E-state index contributed by atoms with van der Waals surface area (Å²) in [5.74, 6) is -0.550. The van der Waals surface area contributed by atoms with Crippen molar-refractivity contribution in [2.45, 2.75) is 19.9 Å². The highest BCUT2D eigenvalue weighted by Gasteiger charge is 2.20. The van der Waals surface area contributed by atoms with E-state index < -0.39 is 18.0 Å². The number of carbonyl (C=O) groups is 2. The van der Waals surface area contributed by atoms with Gasteiger partial charge in [0, 0.05) is 7.05 Å². The number of ether oxygens (including phenoxy) is 1. The molecular formula is C7H14N2O3. The van der Waals surface area contributed by atoms with Gasteiger partial charge in [-0.05, 0) is 13.8 Å². The lowest BCUT2D eigenvalue weighted by atomic mass is 10.3. The summed E-state index contributed by atoms with van der Waals surface area (Å²) in [7, 11) is 1.47. The van der Waals surface area contributed by atoms with Crippen molar-refractivity contribution in [1.29, 1.82) is 0 Å². The standard InChI is InChI=1S/C7H14N2O3/c1-4-12-7(11)9(3)5(2)6(8)10/h5H,4H2,1-3H3,(H2,8,10).